The number of carbonyl (C=O) groups is 2. The third-order valence-corrected chi connectivity index (χ3v) is 4.08. The minimum absolute atomic E-state index is 0.101. The molecule has 0 fully saturated rings. The summed E-state index contributed by atoms with van der Waals surface area (Å²) in [5.74, 6) is -3.14. The third kappa shape index (κ3) is 4.61. The maximum atomic E-state index is 12.1. The number of phenols is 2. The lowest BCUT2D eigenvalue weighted by Crippen LogP contribution is -2.38. The number of hydroxylamine groups is 2. The molecule has 1 unspecified atom stereocenters. The van der Waals surface area contributed by atoms with Gasteiger partial charge in [-0.3, -0.25) is 14.8 Å². The molecule has 0 bridgehead atoms. The van der Waals surface area contributed by atoms with Gasteiger partial charge in [-0.25, -0.2) is 5.06 Å². The predicted octanol–water partition coefficient (Wildman–Crippen LogP) is 1.21. The smallest absolute Gasteiger partial charge is 0.313 e. The first-order valence-electron chi connectivity index (χ1n) is 7.90. The van der Waals surface area contributed by atoms with Crippen molar-refractivity contribution in [3.8, 4) is 17.6 Å². The summed E-state index contributed by atoms with van der Waals surface area (Å²) in [6.07, 6.45) is -0.780. The lowest BCUT2D eigenvalue weighted by molar-refractivity contribution is -0.167. The maximum Gasteiger partial charge on any atom is 0.313 e. The number of nitrogens with zero attached hydrogens (tertiary/aromatic N) is 2. The van der Waals surface area contributed by atoms with E-state index in [2.05, 4.69) is 0 Å². The molecular weight excluding hydrogens is 352 g/mol. The van der Waals surface area contributed by atoms with Gasteiger partial charge in [-0.2, -0.15) is 5.26 Å². The Morgan fingerprint density at radius 1 is 1.11 bits per heavy atom. The minimum atomic E-state index is -1.90. The van der Waals surface area contributed by atoms with Gasteiger partial charge in [0.15, 0.2) is 11.5 Å². The highest BCUT2D eigenvalue weighted by atomic mass is 16.5. The quantitative estimate of drug-likeness (QED) is 0.259. The van der Waals surface area contributed by atoms with Crippen LogP contribution in [0.25, 0.3) is 0 Å². The number of ketones is 1. The Bertz CT molecular complexity index is 901. The fourth-order valence-electron chi connectivity index (χ4n) is 2.64. The van der Waals surface area contributed by atoms with Crippen molar-refractivity contribution in [3.05, 3.63) is 59.2 Å². The van der Waals surface area contributed by atoms with Gasteiger partial charge >= 0.3 is 5.91 Å². The number of aromatic hydroxyl groups is 2. The van der Waals surface area contributed by atoms with Crippen LogP contribution in [-0.4, -0.2) is 44.3 Å². The molecule has 0 spiro atoms. The summed E-state index contributed by atoms with van der Waals surface area (Å²) < 4.78 is 0. The SMILES string of the molecule is CN(O)C(=O)C(=O)CC(O)(Cc1ccc(C#N)cc1)c1ccc(O)c(O)c1. The Morgan fingerprint density at radius 2 is 1.74 bits per heavy atom. The molecule has 0 aromatic heterocycles. The number of benzene rings is 2. The second-order valence-electron chi connectivity index (χ2n) is 6.15. The monoisotopic (exact) mass is 370 g/mol. The van der Waals surface area contributed by atoms with Gasteiger partial charge in [-0.15, -0.1) is 0 Å². The van der Waals surface area contributed by atoms with Crippen LogP contribution in [0.15, 0.2) is 42.5 Å². The van der Waals surface area contributed by atoms with Gasteiger partial charge in [-0.1, -0.05) is 18.2 Å². The topological polar surface area (TPSA) is 142 Å². The average molecular weight is 370 g/mol. The Balaban J connectivity index is 2.42. The Kier molecular flexibility index (Phi) is 5.80. The van der Waals surface area contributed by atoms with Crippen molar-refractivity contribution in [2.45, 2.75) is 18.4 Å². The van der Waals surface area contributed by atoms with E-state index < -0.39 is 35.2 Å². The number of amides is 1. The highest BCUT2D eigenvalue weighted by molar-refractivity contribution is 6.35. The molecule has 0 radical (unpaired) electrons. The zero-order chi connectivity index (χ0) is 20.2. The van der Waals surface area contributed by atoms with Crippen LogP contribution in [0.4, 0.5) is 0 Å². The molecule has 0 heterocycles. The van der Waals surface area contributed by atoms with Crippen LogP contribution >= 0.6 is 0 Å². The van der Waals surface area contributed by atoms with Crippen molar-refractivity contribution in [1.82, 2.24) is 5.06 Å². The highest BCUT2D eigenvalue weighted by Crippen LogP contribution is 2.35. The number of aliphatic hydroxyl groups is 1. The van der Waals surface area contributed by atoms with E-state index in [0.717, 1.165) is 19.2 Å². The van der Waals surface area contributed by atoms with Gasteiger partial charge in [0.05, 0.1) is 11.6 Å². The maximum absolute atomic E-state index is 12.1. The summed E-state index contributed by atoms with van der Waals surface area (Å²) >= 11 is 0. The number of rotatable bonds is 6. The van der Waals surface area contributed by atoms with Gasteiger partial charge in [0, 0.05) is 19.9 Å². The Hall–Kier alpha value is -3.41. The molecule has 0 aliphatic heterocycles. The molecule has 0 saturated carbocycles. The number of Topliss-reactive ketones (excluding diaryl/α,β-unsaturated/α-hetero) is 1. The van der Waals surface area contributed by atoms with Crippen molar-refractivity contribution in [2.75, 3.05) is 7.05 Å². The molecule has 140 valence electrons. The summed E-state index contributed by atoms with van der Waals surface area (Å²) in [6.45, 7) is 0. The second-order valence-corrected chi connectivity index (χ2v) is 6.15. The van der Waals surface area contributed by atoms with E-state index in [9.17, 15) is 24.9 Å². The van der Waals surface area contributed by atoms with E-state index in [0.29, 0.717) is 11.1 Å². The van der Waals surface area contributed by atoms with Crippen molar-refractivity contribution in [2.24, 2.45) is 0 Å². The van der Waals surface area contributed by atoms with E-state index in [4.69, 9.17) is 10.5 Å². The molecule has 27 heavy (non-hydrogen) atoms. The molecule has 4 N–H and O–H groups in total. The fraction of sp³-hybridized carbons (Fsp3) is 0.211. The van der Waals surface area contributed by atoms with Crippen LogP contribution in [0.3, 0.4) is 0 Å². The summed E-state index contributed by atoms with van der Waals surface area (Å²) in [7, 11) is 0.992. The molecule has 0 aliphatic rings. The van der Waals surface area contributed by atoms with Crippen molar-refractivity contribution >= 4 is 11.7 Å². The third-order valence-electron chi connectivity index (χ3n) is 4.08. The fourth-order valence-corrected chi connectivity index (χ4v) is 2.64. The molecule has 2 rings (SSSR count). The van der Waals surface area contributed by atoms with Crippen molar-refractivity contribution < 1.29 is 30.1 Å². The Labute approximate surface area is 155 Å². The second kappa shape index (κ2) is 7.86. The first kappa shape index (κ1) is 19.9. The number of hydrogen-bond acceptors (Lipinski definition) is 7. The first-order valence-corrected chi connectivity index (χ1v) is 7.90. The molecule has 0 saturated heterocycles. The van der Waals surface area contributed by atoms with Gasteiger partial charge in [0.1, 0.15) is 5.60 Å². The van der Waals surface area contributed by atoms with Crippen LogP contribution in [0, 0.1) is 11.3 Å². The van der Waals surface area contributed by atoms with E-state index >= 15 is 0 Å². The van der Waals surface area contributed by atoms with Crippen LogP contribution in [-0.2, 0) is 21.6 Å². The Morgan fingerprint density at radius 3 is 2.26 bits per heavy atom. The van der Waals surface area contributed by atoms with Gasteiger partial charge in [0.25, 0.3) is 0 Å². The standard InChI is InChI=1S/C19H18N2O6/c1-21(27)18(25)17(24)10-19(26,14-6-7-15(22)16(23)8-14)9-12-2-4-13(11-20)5-3-12/h2-8,22-23,26-27H,9-10H2,1H3. The molecule has 2 aromatic carbocycles. The molecule has 2 aromatic rings. The normalized spacial score (nSPS) is 12.7. The van der Waals surface area contributed by atoms with Crippen LogP contribution in [0.1, 0.15) is 23.1 Å². The zero-order valence-electron chi connectivity index (χ0n) is 14.5. The molecule has 0 aliphatic carbocycles. The summed E-state index contributed by atoms with van der Waals surface area (Å²) in [5.41, 5.74) is -0.814. The number of hydrogen-bond donors (Lipinski definition) is 4. The number of carbonyl (C=O) groups excluding carboxylic acids is 2. The number of likely N-dealkylation sites (N-methyl/N-ethyl adjacent to an activating group) is 1. The predicted molar refractivity (Wildman–Crippen MR) is 92.7 cm³/mol. The van der Waals surface area contributed by atoms with Crippen LogP contribution in [0.2, 0.25) is 0 Å². The van der Waals surface area contributed by atoms with Gasteiger partial charge < -0.3 is 15.3 Å². The number of phenolic OH excluding ortho intramolecular Hbond substituents is 2. The van der Waals surface area contributed by atoms with Crippen molar-refractivity contribution in [1.29, 1.82) is 5.26 Å². The largest absolute Gasteiger partial charge is 0.504 e. The summed E-state index contributed by atoms with van der Waals surface area (Å²) in [5, 5.41) is 48.5. The highest BCUT2D eigenvalue weighted by Gasteiger charge is 2.36. The van der Waals surface area contributed by atoms with E-state index in [-0.39, 0.29) is 17.0 Å². The lowest BCUT2D eigenvalue weighted by Gasteiger charge is -2.28. The number of nitriles is 1. The molecule has 8 heteroatoms. The first-order chi connectivity index (χ1) is 12.7. The van der Waals surface area contributed by atoms with Crippen molar-refractivity contribution in [3.63, 3.8) is 0 Å². The molecule has 1 amide bonds. The minimum Gasteiger partial charge on any atom is -0.504 e. The van der Waals surface area contributed by atoms with E-state index in [1.165, 1.54) is 6.07 Å². The van der Waals surface area contributed by atoms with Gasteiger partial charge in [-0.05, 0) is 35.4 Å². The molecular formula is C19H18N2O6. The lowest BCUT2D eigenvalue weighted by atomic mass is 9.82. The van der Waals surface area contributed by atoms with E-state index in [1.54, 1.807) is 24.3 Å². The molecule has 8 nitrogen and oxygen atoms in total. The molecule has 1 atom stereocenters. The van der Waals surface area contributed by atoms with Crippen LogP contribution < -0.4 is 0 Å². The van der Waals surface area contributed by atoms with Crippen LogP contribution in [0.5, 0.6) is 11.5 Å². The summed E-state index contributed by atoms with van der Waals surface area (Å²) in [6, 6.07) is 11.8. The van der Waals surface area contributed by atoms with Gasteiger partial charge in [0.2, 0.25) is 5.78 Å². The zero-order valence-corrected chi connectivity index (χ0v) is 14.5. The summed E-state index contributed by atoms with van der Waals surface area (Å²) in [4.78, 5) is 23.8. The van der Waals surface area contributed by atoms with E-state index in [1.807, 2.05) is 6.07 Å². The average Bonchev–Trinajstić information content (AvgIpc) is 2.63.